The van der Waals surface area contributed by atoms with Crippen molar-refractivity contribution in [3.8, 4) is 0 Å². The number of nitrogens with zero attached hydrogens (tertiary/aromatic N) is 2. The zero-order valence-electron chi connectivity index (χ0n) is 18.0. The second kappa shape index (κ2) is 7.09. The fraction of sp³-hybridized carbons (Fsp3) is 0.370. The fourth-order valence-electron chi connectivity index (χ4n) is 5.05. The van der Waals surface area contributed by atoms with Crippen molar-refractivity contribution in [3.05, 3.63) is 69.0 Å². The fourth-order valence-corrected chi connectivity index (χ4v) is 5.05. The molecule has 0 unspecified atom stereocenters. The van der Waals surface area contributed by atoms with Gasteiger partial charge in [-0.15, -0.1) is 0 Å². The summed E-state index contributed by atoms with van der Waals surface area (Å²) in [6.45, 7) is 14.8. The minimum Gasteiger partial charge on any atom is -0.342 e. The van der Waals surface area contributed by atoms with E-state index >= 15 is 0 Å². The molecule has 3 aliphatic rings. The molecule has 0 bridgehead atoms. The average Bonchev–Trinajstić information content (AvgIpc) is 3.16. The minimum atomic E-state index is 0.516. The van der Waals surface area contributed by atoms with E-state index in [-0.39, 0.29) is 0 Å². The highest BCUT2D eigenvalue weighted by molar-refractivity contribution is 5.63. The highest BCUT2D eigenvalue weighted by Gasteiger charge is 2.29. The first-order chi connectivity index (χ1) is 14.0. The number of rotatable bonds is 2. The number of benzene rings is 2. The summed E-state index contributed by atoms with van der Waals surface area (Å²) in [6.07, 6.45) is 9.47. The summed E-state index contributed by atoms with van der Waals surface area (Å²) in [4.78, 5) is 4.76. The Hall–Kier alpha value is -2.48. The Labute approximate surface area is 174 Å². The molecule has 1 heterocycles. The monoisotopic (exact) mass is 382 g/mol. The molecule has 2 aromatic carbocycles. The summed E-state index contributed by atoms with van der Waals surface area (Å²) in [5.74, 6) is 1.11. The van der Waals surface area contributed by atoms with Gasteiger partial charge in [-0.1, -0.05) is 61.9 Å². The molecule has 0 amide bonds. The van der Waals surface area contributed by atoms with E-state index in [1.165, 1.54) is 43.4 Å². The quantitative estimate of drug-likeness (QED) is 0.788. The third kappa shape index (κ3) is 3.19. The Morgan fingerprint density at radius 3 is 2.52 bits per heavy atom. The van der Waals surface area contributed by atoms with Crippen molar-refractivity contribution < 1.29 is 0 Å². The van der Waals surface area contributed by atoms with Crippen LogP contribution in [0.15, 0.2) is 30.3 Å². The molecule has 1 saturated heterocycles. The van der Waals surface area contributed by atoms with Crippen molar-refractivity contribution in [2.24, 2.45) is 11.8 Å². The molecule has 2 heteroatoms. The van der Waals surface area contributed by atoms with Gasteiger partial charge in [-0.3, -0.25) is 0 Å². The summed E-state index contributed by atoms with van der Waals surface area (Å²) >= 11 is 0. The zero-order valence-corrected chi connectivity index (χ0v) is 18.0. The van der Waals surface area contributed by atoms with Crippen LogP contribution in [0.3, 0.4) is 0 Å². The van der Waals surface area contributed by atoms with Gasteiger partial charge in [-0.05, 0) is 54.7 Å². The maximum Gasteiger partial charge on any atom is 0.208 e. The molecule has 0 N–H and O–H groups in total. The number of fused-ring (bicyclic) bond motifs is 2. The van der Waals surface area contributed by atoms with Gasteiger partial charge in [0.05, 0.1) is 0 Å². The van der Waals surface area contributed by atoms with Gasteiger partial charge in [0.1, 0.15) is 0 Å². The number of anilines is 1. The van der Waals surface area contributed by atoms with E-state index < -0.39 is 0 Å². The molecule has 1 fully saturated rings. The lowest BCUT2D eigenvalue weighted by molar-refractivity contribution is 0.494. The second-order valence-corrected chi connectivity index (χ2v) is 9.04. The molecular formula is C27H30N2. The SMILES string of the molecule is Cc1ccc2c(c1)=C(N1[C]N(c3c(C)ccc4c3=C[C@@H](C)CC=4)CC1)[C@H](C)CC=2. The molecule has 0 saturated carbocycles. The van der Waals surface area contributed by atoms with Crippen molar-refractivity contribution in [1.82, 2.24) is 4.90 Å². The van der Waals surface area contributed by atoms with Gasteiger partial charge in [0.25, 0.3) is 0 Å². The van der Waals surface area contributed by atoms with Gasteiger partial charge in [0.15, 0.2) is 0 Å². The molecule has 29 heavy (non-hydrogen) atoms. The van der Waals surface area contributed by atoms with Crippen molar-refractivity contribution >= 4 is 29.6 Å². The van der Waals surface area contributed by atoms with Crippen LogP contribution in [0, 0.1) is 32.4 Å². The van der Waals surface area contributed by atoms with E-state index in [2.05, 4.69) is 92.7 Å². The number of hydrogen-bond acceptors (Lipinski definition) is 2. The van der Waals surface area contributed by atoms with Crippen molar-refractivity contribution in [2.45, 2.75) is 40.5 Å². The van der Waals surface area contributed by atoms with Crippen molar-refractivity contribution in [2.75, 3.05) is 18.0 Å². The van der Waals surface area contributed by atoms with Gasteiger partial charge in [-0.2, -0.15) is 0 Å². The lowest BCUT2D eigenvalue weighted by Crippen LogP contribution is -2.39. The Bertz CT molecular complexity index is 1200. The Kier molecular flexibility index (Phi) is 4.53. The highest BCUT2D eigenvalue weighted by atomic mass is 15.4. The van der Waals surface area contributed by atoms with Crippen LogP contribution in [-0.2, 0) is 0 Å². The second-order valence-electron chi connectivity index (χ2n) is 9.04. The van der Waals surface area contributed by atoms with Crippen LogP contribution in [0.5, 0.6) is 0 Å². The molecular weight excluding hydrogens is 352 g/mol. The molecule has 2 aliphatic carbocycles. The molecule has 2 nitrogen and oxygen atoms in total. The molecule has 1 aliphatic heterocycles. The first-order valence-corrected chi connectivity index (χ1v) is 11.0. The van der Waals surface area contributed by atoms with Gasteiger partial charge in [-0.25, -0.2) is 0 Å². The molecule has 148 valence electrons. The maximum absolute atomic E-state index is 3.76. The van der Waals surface area contributed by atoms with E-state index in [1.54, 1.807) is 0 Å². The first-order valence-electron chi connectivity index (χ1n) is 11.0. The van der Waals surface area contributed by atoms with Crippen LogP contribution >= 0.6 is 0 Å². The van der Waals surface area contributed by atoms with Crippen LogP contribution < -0.4 is 25.8 Å². The van der Waals surface area contributed by atoms with E-state index in [9.17, 15) is 0 Å². The zero-order chi connectivity index (χ0) is 20.1. The third-order valence-corrected chi connectivity index (χ3v) is 6.61. The number of hydrogen-bond donors (Lipinski definition) is 0. The van der Waals surface area contributed by atoms with E-state index in [0.717, 1.165) is 25.9 Å². The van der Waals surface area contributed by atoms with E-state index in [0.29, 0.717) is 11.8 Å². The predicted octanol–water partition coefficient (Wildman–Crippen LogP) is 2.65. The summed E-state index contributed by atoms with van der Waals surface area (Å²) < 4.78 is 0. The van der Waals surface area contributed by atoms with Gasteiger partial charge in [0.2, 0.25) is 6.67 Å². The van der Waals surface area contributed by atoms with Crippen LogP contribution in [-0.4, -0.2) is 18.0 Å². The summed E-state index contributed by atoms with van der Waals surface area (Å²) in [5.41, 5.74) is 5.43. The van der Waals surface area contributed by atoms with Crippen molar-refractivity contribution in [1.29, 1.82) is 0 Å². The predicted molar refractivity (Wildman–Crippen MR) is 123 cm³/mol. The normalized spacial score (nSPS) is 23.1. The Balaban J connectivity index is 1.58. The van der Waals surface area contributed by atoms with E-state index in [4.69, 9.17) is 0 Å². The van der Waals surface area contributed by atoms with E-state index in [1.807, 2.05) is 0 Å². The van der Waals surface area contributed by atoms with Crippen LogP contribution in [0.4, 0.5) is 5.69 Å². The van der Waals surface area contributed by atoms with Crippen LogP contribution in [0.1, 0.15) is 37.8 Å². The largest absolute Gasteiger partial charge is 0.342 e. The molecule has 5 rings (SSSR count). The lowest BCUT2D eigenvalue weighted by Gasteiger charge is -2.28. The average molecular weight is 383 g/mol. The number of aryl methyl sites for hydroxylation is 2. The smallest absolute Gasteiger partial charge is 0.208 e. The van der Waals surface area contributed by atoms with Crippen LogP contribution in [0.25, 0.3) is 23.9 Å². The minimum absolute atomic E-state index is 0.516. The molecule has 0 spiro atoms. The standard InChI is InChI=1S/C27H30N2/c1-18-5-9-22-11-7-20(3)26(24(22)15-18)28-13-14-29(17-28)27-21(4)8-12-23-10-6-19(2)16-25(23)27/h5,8-12,15-16,19-20H,6-7,13-14H2,1-4H3/t19-,20+/m0/s1. The van der Waals surface area contributed by atoms with Crippen LogP contribution in [0.2, 0.25) is 0 Å². The summed E-state index contributed by atoms with van der Waals surface area (Å²) in [7, 11) is 0. The Morgan fingerprint density at radius 2 is 1.66 bits per heavy atom. The molecule has 2 atom stereocenters. The Morgan fingerprint density at radius 1 is 0.897 bits per heavy atom. The third-order valence-electron chi connectivity index (χ3n) is 6.61. The molecule has 2 radical (unpaired) electrons. The van der Waals surface area contributed by atoms with Gasteiger partial charge in [0, 0.05) is 40.8 Å². The highest BCUT2D eigenvalue weighted by Crippen LogP contribution is 2.29. The van der Waals surface area contributed by atoms with Gasteiger partial charge < -0.3 is 9.80 Å². The summed E-state index contributed by atoms with van der Waals surface area (Å²) in [5, 5.41) is 5.52. The topological polar surface area (TPSA) is 6.48 Å². The summed E-state index contributed by atoms with van der Waals surface area (Å²) in [6, 6.07) is 11.4. The molecule has 2 aromatic rings. The molecule has 0 aromatic heterocycles. The maximum atomic E-state index is 3.76. The first kappa shape index (κ1) is 18.5. The van der Waals surface area contributed by atoms with Crippen molar-refractivity contribution in [3.63, 3.8) is 0 Å². The van der Waals surface area contributed by atoms with Gasteiger partial charge >= 0.3 is 0 Å². The lowest BCUT2D eigenvalue weighted by atomic mass is 9.93.